The summed E-state index contributed by atoms with van der Waals surface area (Å²) in [5.41, 5.74) is 3.72. The second-order valence-electron chi connectivity index (χ2n) is 5.24. The molecule has 0 fully saturated rings. The summed E-state index contributed by atoms with van der Waals surface area (Å²) in [5.74, 6) is -0.0425. The number of nitrogens with zero attached hydrogens (tertiary/aromatic N) is 2. The number of hydrogen-bond donors (Lipinski definition) is 2. The number of aromatic amines is 1. The van der Waals surface area contributed by atoms with Crippen LogP contribution in [-0.4, -0.2) is 34.6 Å². The fourth-order valence-corrected chi connectivity index (χ4v) is 2.78. The van der Waals surface area contributed by atoms with Crippen molar-refractivity contribution in [3.05, 3.63) is 51.3 Å². The van der Waals surface area contributed by atoms with E-state index in [0.29, 0.717) is 18.8 Å². The molecule has 0 aliphatic carbocycles. The summed E-state index contributed by atoms with van der Waals surface area (Å²) in [7, 11) is 1.81. The molecule has 0 atom stereocenters. The summed E-state index contributed by atoms with van der Waals surface area (Å²) < 4.78 is 1.03. The molecular formula is C15H17BrN4O. The Morgan fingerprint density at radius 1 is 1.38 bits per heavy atom. The van der Waals surface area contributed by atoms with Gasteiger partial charge in [-0.2, -0.15) is 5.10 Å². The van der Waals surface area contributed by atoms with Crippen molar-refractivity contribution in [1.29, 1.82) is 0 Å². The Morgan fingerprint density at radius 3 is 2.90 bits per heavy atom. The quantitative estimate of drug-likeness (QED) is 0.892. The van der Waals surface area contributed by atoms with Crippen molar-refractivity contribution in [1.82, 2.24) is 20.4 Å². The van der Waals surface area contributed by atoms with Crippen LogP contribution in [0.15, 0.2) is 28.7 Å². The van der Waals surface area contributed by atoms with Gasteiger partial charge in [-0.3, -0.25) is 9.89 Å². The SMILES string of the molecule is CN(Cc1ccc(Br)cc1)C(=O)c1n[nH]c2c1CNCC2. The van der Waals surface area contributed by atoms with Crippen LogP contribution in [0, 0.1) is 0 Å². The molecule has 5 nitrogen and oxygen atoms in total. The smallest absolute Gasteiger partial charge is 0.274 e. The number of benzene rings is 1. The second-order valence-corrected chi connectivity index (χ2v) is 6.16. The molecule has 0 radical (unpaired) electrons. The number of carbonyl (C=O) groups excluding carboxylic acids is 1. The van der Waals surface area contributed by atoms with Gasteiger partial charge in [0.2, 0.25) is 0 Å². The lowest BCUT2D eigenvalue weighted by Crippen LogP contribution is -2.29. The Hall–Kier alpha value is -1.66. The van der Waals surface area contributed by atoms with Crippen LogP contribution in [0.25, 0.3) is 0 Å². The average molecular weight is 349 g/mol. The molecule has 2 aromatic rings. The number of fused-ring (bicyclic) bond motifs is 1. The summed E-state index contributed by atoms with van der Waals surface area (Å²) in [6, 6.07) is 7.98. The van der Waals surface area contributed by atoms with Crippen molar-refractivity contribution < 1.29 is 4.79 Å². The summed E-state index contributed by atoms with van der Waals surface area (Å²) in [6.45, 7) is 2.21. The van der Waals surface area contributed by atoms with E-state index in [2.05, 4.69) is 31.4 Å². The molecule has 1 aromatic carbocycles. The highest BCUT2D eigenvalue weighted by atomic mass is 79.9. The molecule has 21 heavy (non-hydrogen) atoms. The molecule has 2 N–H and O–H groups in total. The lowest BCUT2D eigenvalue weighted by atomic mass is 10.1. The number of aromatic nitrogens is 2. The van der Waals surface area contributed by atoms with Crippen LogP contribution in [0.1, 0.15) is 27.3 Å². The highest BCUT2D eigenvalue weighted by molar-refractivity contribution is 9.10. The van der Waals surface area contributed by atoms with E-state index in [1.807, 2.05) is 31.3 Å². The predicted molar refractivity (Wildman–Crippen MR) is 83.9 cm³/mol. The standard InChI is InChI=1S/C15H17BrN4O/c1-20(9-10-2-4-11(16)5-3-10)15(21)14-12-8-17-7-6-13(12)18-19-14/h2-5,17H,6-9H2,1H3,(H,18,19). The van der Waals surface area contributed by atoms with E-state index in [4.69, 9.17) is 0 Å². The van der Waals surface area contributed by atoms with Gasteiger partial charge in [0, 0.05) is 48.8 Å². The molecule has 3 rings (SSSR count). The second kappa shape index (κ2) is 5.99. The van der Waals surface area contributed by atoms with Crippen LogP contribution >= 0.6 is 15.9 Å². The molecular weight excluding hydrogens is 332 g/mol. The number of carbonyl (C=O) groups is 1. The minimum Gasteiger partial charge on any atom is -0.336 e. The molecule has 0 bridgehead atoms. The van der Waals surface area contributed by atoms with Crippen LogP contribution < -0.4 is 5.32 Å². The molecule has 1 aliphatic rings. The third kappa shape index (κ3) is 3.01. The first kappa shape index (κ1) is 14.3. The van der Waals surface area contributed by atoms with Gasteiger partial charge in [-0.05, 0) is 17.7 Å². The van der Waals surface area contributed by atoms with E-state index in [1.165, 1.54) is 0 Å². The Morgan fingerprint density at radius 2 is 2.14 bits per heavy atom. The lowest BCUT2D eigenvalue weighted by molar-refractivity contribution is 0.0778. The number of amides is 1. The highest BCUT2D eigenvalue weighted by Crippen LogP contribution is 2.18. The maximum atomic E-state index is 12.6. The Balaban J connectivity index is 1.75. The summed E-state index contributed by atoms with van der Waals surface area (Å²) in [5, 5.41) is 10.5. The Labute approximate surface area is 131 Å². The van der Waals surface area contributed by atoms with Gasteiger partial charge in [0.05, 0.1) is 0 Å². The number of hydrogen-bond acceptors (Lipinski definition) is 3. The van der Waals surface area contributed by atoms with Crippen molar-refractivity contribution in [3.8, 4) is 0 Å². The maximum absolute atomic E-state index is 12.6. The van der Waals surface area contributed by atoms with Gasteiger partial charge in [0.25, 0.3) is 5.91 Å². The fraction of sp³-hybridized carbons (Fsp3) is 0.333. The topological polar surface area (TPSA) is 61.0 Å². The molecule has 2 heterocycles. The van der Waals surface area contributed by atoms with Crippen LogP contribution in [-0.2, 0) is 19.5 Å². The van der Waals surface area contributed by atoms with Crippen LogP contribution in [0.5, 0.6) is 0 Å². The van der Waals surface area contributed by atoms with Crippen LogP contribution in [0.2, 0.25) is 0 Å². The molecule has 1 aromatic heterocycles. The lowest BCUT2D eigenvalue weighted by Gasteiger charge is -2.18. The minimum atomic E-state index is -0.0425. The van der Waals surface area contributed by atoms with Crippen molar-refractivity contribution in [2.75, 3.05) is 13.6 Å². The van der Waals surface area contributed by atoms with Crippen molar-refractivity contribution >= 4 is 21.8 Å². The van der Waals surface area contributed by atoms with Gasteiger partial charge in [0.1, 0.15) is 0 Å². The van der Waals surface area contributed by atoms with Crippen molar-refractivity contribution in [2.24, 2.45) is 0 Å². The zero-order valence-corrected chi connectivity index (χ0v) is 13.4. The molecule has 0 saturated heterocycles. The van der Waals surface area contributed by atoms with Gasteiger partial charge >= 0.3 is 0 Å². The third-order valence-electron chi connectivity index (χ3n) is 3.69. The van der Waals surface area contributed by atoms with Gasteiger partial charge < -0.3 is 10.2 Å². The first-order chi connectivity index (χ1) is 10.1. The first-order valence-corrected chi connectivity index (χ1v) is 7.71. The van der Waals surface area contributed by atoms with Crippen LogP contribution in [0.4, 0.5) is 0 Å². The van der Waals surface area contributed by atoms with E-state index >= 15 is 0 Å². The first-order valence-electron chi connectivity index (χ1n) is 6.92. The monoisotopic (exact) mass is 348 g/mol. The van der Waals surface area contributed by atoms with Crippen molar-refractivity contribution in [3.63, 3.8) is 0 Å². The molecule has 6 heteroatoms. The molecule has 1 amide bonds. The fourth-order valence-electron chi connectivity index (χ4n) is 2.52. The summed E-state index contributed by atoms with van der Waals surface area (Å²) >= 11 is 3.41. The summed E-state index contributed by atoms with van der Waals surface area (Å²) in [6.07, 6.45) is 0.895. The Kier molecular flexibility index (Phi) is 4.07. The highest BCUT2D eigenvalue weighted by Gasteiger charge is 2.23. The number of H-pyrrole nitrogens is 1. The van der Waals surface area contributed by atoms with Crippen molar-refractivity contribution in [2.45, 2.75) is 19.5 Å². The zero-order valence-electron chi connectivity index (χ0n) is 11.8. The molecule has 110 valence electrons. The number of nitrogens with one attached hydrogen (secondary N) is 2. The molecule has 0 unspecified atom stereocenters. The van der Waals surface area contributed by atoms with Crippen LogP contribution in [0.3, 0.4) is 0 Å². The van der Waals surface area contributed by atoms with Gasteiger partial charge in [-0.25, -0.2) is 0 Å². The van der Waals surface area contributed by atoms with Gasteiger partial charge in [0.15, 0.2) is 5.69 Å². The average Bonchev–Trinajstić information content (AvgIpc) is 2.92. The molecule has 1 aliphatic heterocycles. The van der Waals surface area contributed by atoms with Gasteiger partial charge in [-0.15, -0.1) is 0 Å². The number of halogens is 1. The van der Waals surface area contributed by atoms with Gasteiger partial charge in [-0.1, -0.05) is 28.1 Å². The minimum absolute atomic E-state index is 0.0425. The van der Waals surface area contributed by atoms with E-state index in [0.717, 1.165) is 34.3 Å². The van der Waals surface area contributed by atoms with E-state index < -0.39 is 0 Å². The normalized spacial score (nSPS) is 13.8. The Bertz CT molecular complexity index is 650. The summed E-state index contributed by atoms with van der Waals surface area (Å²) in [4.78, 5) is 14.3. The number of rotatable bonds is 3. The predicted octanol–water partition coefficient (Wildman–Crippen LogP) is 2.09. The van der Waals surface area contributed by atoms with E-state index in [1.54, 1.807) is 4.90 Å². The van der Waals surface area contributed by atoms with E-state index in [9.17, 15) is 4.79 Å². The molecule has 0 spiro atoms. The molecule has 0 saturated carbocycles. The third-order valence-corrected chi connectivity index (χ3v) is 4.22. The maximum Gasteiger partial charge on any atom is 0.274 e. The van der Waals surface area contributed by atoms with E-state index in [-0.39, 0.29) is 5.91 Å². The zero-order chi connectivity index (χ0) is 14.8. The largest absolute Gasteiger partial charge is 0.336 e.